The predicted molar refractivity (Wildman–Crippen MR) is 87.3 cm³/mol. The molecule has 0 bridgehead atoms. The van der Waals surface area contributed by atoms with Crippen molar-refractivity contribution in [2.45, 2.75) is 31.2 Å². The van der Waals surface area contributed by atoms with Crippen LogP contribution in [0.4, 0.5) is 0 Å². The highest BCUT2D eigenvalue weighted by Crippen LogP contribution is 2.37. The summed E-state index contributed by atoms with van der Waals surface area (Å²) in [6.45, 7) is 5.74. The van der Waals surface area contributed by atoms with Crippen LogP contribution in [-0.4, -0.2) is 60.6 Å². The van der Waals surface area contributed by atoms with Gasteiger partial charge in [0, 0.05) is 31.7 Å². The molecule has 0 N–H and O–H groups in total. The van der Waals surface area contributed by atoms with E-state index in [1.165, 1.54) is 19.4 Å². The molecule has 3 fully saturated rings. The first-order valence-corrected chi connectivity index (χ1v) is 9.30. The van der Waals surface area contributed by atoms with Gasteiger partial charge in [-0.25, -0.2) is 0 Å². The molecule has 4 nitrogen and oxygen atoms in total. The van der Waals surface area contributed by atoms with Gasteiger partial charge < -0.3 is 9.64 Å². The average Bonchev–Trinajstić information content (AvgIpc) is 3.20. The number of amides is 1. The molecule has 22 heavy (non-hydrogen) atoms. The molecule has 0 atom stereocenters. The lowest BCUT2D eigenvalue weighted by Crippen LogP contribution is -2.62. The number of morpholine rings is 1. The van der Waals surface area contributed by atoms with E-state index in [-0.39, 0.29) is 11.4 Å². The lowest BCUT2D eigenvalue weighted by molar-refractivity contribution is -0.0932. The summed E-state index contributed by atoms with van der Waals surface area (Å²) in [6.07, 6.45) is 4.90. The molecule has 4 rings (SSSR count). The number of carbonyl (C=O) groups is 1. The molecule has 1 aliphatic carbocycles. The topological polar surface area (TPSA) is 32.8 Å². The minimum Gasteiger partial charge on any atom is -0.378 e. The number of thiophene rings is 1. The van der Waals surface area contributed by atoms with E-state index in [1.807, 2.05) is 22.4 Å². The maximum absolute atomic E-state index is 12.5. The van der Waals surface area contributed by atoms with Gasteiger partial charge in [-0.15, -0.1) is 11.3 Å². The summed E-state index contributed by atoms with van der Waals surface area (Å²) in [5.74, 6) is 1.12. The predicted octanol–water partition coefficient (Wildman–Crippen LogP) is 2.47. The Hall–Kier alpha value is -0.910. The summed E-state index contributed by atoms with van der Waals surface area (Å²) < 4.78 is 5.82. The zero-order chi connectivity index (χ0) is 15.0. The molecule has 3 heterocycles. The second-order valence-electron chi connectivity index (χ2n) is 6.94. The molecule has 2 aliphatic heterocycles. The van der Waals surface area contributed by atoms with E-state index in [4.69, 9.17) is 4.74 Å². The van der Waals surface area contributed by atoms with Crippen LogP contribution in [0.3, 0.4) is 0 Å². The Labute approximate surface area is 136 Å². The molecule has 5 heteroatoms. The first-order chi connectivity index (χ1) is 10.8. The number of likely N-dealkylation sites (tertiary alicyclic amines) is 1. The van der Waals surface area contributed by atoms with Gasteiger partial charge in [-0.3, -0.25) is 9.69 Å². The van der Waals surface area contributed by atoms with Crippen molar-refractivity contribution in [3.63, 3.8) is 0 Å². The summed E-state index contributed by atoms with van der Waals surface area (Å²) in [5.41, 5.74) is 0.188. The largest absolute Gasteiger partial charge is 0.378 e. The van der Waals surface area contributed by atoms with Gasteiger partial charge in [0.2, 0.25) is 0 Å². The van der Waals surface area contributed by atoms with Gasteiger partial charge in [-0.1, -0.05) is 6.07 Å². The van der Waals surface area contributed by atoms with Crippen LogP contribution in [0.5, 0.6) is 0 Å². The van der Waals surface area contributed by atoms with Gasteiger partial charge in [0.25, 0.3) is 5.91 Å². The Bertz CT molecular complexity index is 519. The van der Waals surface area contributed by atoms with Crippen molar-refractivity contribution in [3.8, 4) is 0 Å². The fourth-order valence-electron chi connectivity index (χ4n) is 3.81. The van der Waals surface area contributed by atoms with Crippen LogP contribution in [0, 0.1) is 5.92 Å². The van der Waals surface area contributed by atoms with Gasteiger partial charge in [0.15, 0.2) is 0 Å². The second-order valence-corrected chi connectivity index (χ2v) is 7.88. The lowest BCUT2D eigenvalue weighted by Gasteiger charge is -2.51. The second kappa shape index (κ2) is 5.95. The molecule has 1 aromatic heterocycles. The first-order valence-electron chi connectivity index (χ1n) is 8.42. The van der Waals surface area contributed by atoms with Crippen LogP contribution in [0.15, 0.2) is 17.5 Å². The molecule has 2 saturated heterocycles. The molecule has 1 spiro atoms. The summed E-state index contributed by atoms with van der Waals surface area (Å²) in [6, 6.07) is 3.89. The van der Waals surface area contributed by atoms with Gasteiger partial charge in [0.1, 0.15) is 0 Å². The highest BCUT2D eigenvalue weighted by molar-refractivity contribution is 7.12. The summed E-state index contributed by atoms with van der Waals surface area (Å²) >= 11 is 1.54. The Morgan fingerprint density at radius 1 is 1.32 bits per heavy atom. The molecule has 1 amide bonds. The van der Waals surface area contributed by atoms with Crippen molar-refractivity contribution >= 4 is 17.2 Å². The molecule has 1 saturated carbocycles. The van der Waals surface area contributed by atoms with Crippen molar-refractivity contribution in [2.75, 3.05) is 39.4 Å². The molecule has 120 valence electrons. The highest BCUT2D eigenvalue weighted by Gasteiger charge is 2.44. The fraction of sp³-hybridized carbons (Fsp3) is 0.706. The summed E-state index contributed by atoms with van der Waals surface area (Å²) in [5, 5.41) is 1.98. The molecule has 1 aromatic rings. The monoisotopic (exact) mass is 320 g/mol. The normalized spacial score (nSPS) is 25.5. The first kappa shape index (κ1) is 14.7. The van der Waals surface area contributed by atoms with E-state index in [9.17, 15) is 4.79 Å². The Kier molecular flexibility index (Phi) is 3.96. The summed E-state index contributed by atoms with van der Waals surface area (Å²) in [7, 11) is 0. The smallest absolute Gasteiger partial charge is 0.263 e. The van der Waals surface area contributed by atoms with Crippen molar-refractivity contribution in [1.29, 1.82) is 0 Å². The van der Waals surface area contributed by atoms with E-state index < -0.39 is 0 Å². The third kappa shape index (κ3) is 2.82. The number of hydrogen-bond donors (Lipinski definition) is 0. The van der Waals surface area contributed by atoms with Gasteiger partial charge in [-0.2, -0.15) is 0 Å². The van der Waals surface area contributed by atoms with E-state index in [0.717, 1.165) is 56.5 Å². The van der Waals surface area contributed by atoms with Crippen molar-refractivity contribution < 1.29 is 9.53 Å². The third-order valence-corrected chi connectivity index (χ3v) is 6.29. The van der Waals surface area contributed by atoms with Gasteiger partial charge >= 0.3 is 0 Å². The Balaban J connectivity index is 1.41. The zero-order valence-corrected chi connectivity index (χ0v) is 13.8. The van der Waals surface area contributed by atoms with Crippen LogP contribution in [-0.2, 0) is 4.74 Å². The number of carbonyl (C=O) groups excluding carboxylic acids is 1. The van der Waals surface area contributed by atoms with Crippen LogP contribution in [0.1, 0.15) is 35.4 Å². The third-order valence-electron chi connectivity index (χ3n) is 5.44. The van der Waals surface area contributed by atoms with Crippen LogP contribution >= 0.6 is 11.3 Å². The van der Waals surface area contributed by atoms with E-state index >= 15 is 0 Å². The molecular formula is C17H24N2O2S. The quantitative estimate of drug-likeness (QED) is 0.858. The van der Waals surface area contributed by atoms with Gasteiger partial charge in [-0.05, 0) is 43.0 Å². The fourth-order valence-corrected chi connectivity index (χ4v) is 4.50. The van der Waals surface area contributed by atoms with Gasteiger partial charge in [0.05, 0.1) is 18.1 Å². The van der Waals surface area contributed by atoms with E-state index in [2.05, 4.69) is 4.90 Å². The number of hydrogen-bond acceptors (Lipinski definition) is 4. The number of ether oxygens (including phenoxy) is 1. The van der Waals surface area contributed by atoms with E-state index in [0.29, 0.717) is 0 Å². The Morgan fingerprint density at radius 2 is 2.14 bits per heavy atom. The standard InChI is InChI=1S/C17H24N2O2S/c20-16(15-2-1-11-22-15)18-7-5-17(6-8-18)13-21-10-9-19(17)12-14-3-4-14/h1-2,11,14H,3-10,12-13H2. The minimum atomic E-state index is 0.188. The lowest BCUT2D eigenvalue weighted by atomic mass is 9.85. The maximum Gasteiger partial charge on any atom is 0.263 e. The number of rotatable bonds is 3. The zero-order valence-electron chi connectivity index (χ0n) is 13.0. The molecule has 0 aromatic carbocycles. The molecule has 0 unspecified atom stereocenters. The molecular weight excluding hydrogens is 296 g/mol. The Morgan fingerprint density at radius 3 is 2.82 bits per heavy atom. The average molecular weight is 320 g/mol. The van der Waals surface area contributed by atoms with Crippen LogP contribution in [0.25, 0.3) is 0 Å². The van der Waals surface area contributed by atoms with Crippen LogP contribution in [0.2, 0.25) is 0 Å². The van der Waals surface area contributed by atoms with Crippen molar-refractivity contribution in [1.82, 2.24) is 9.80 Å². The molecule has 0 radical (unpaired) electrons. The maximum atomic E-state index is 12.5. The van der Waals surface area contributed by atoms with Crippen molar-refractivity contribution in [3.05, 3.63) is 22.4 Å². The van der Waals surface area contributed by atoms with Crippen LogP contribution < -0.4 is 0 Å². The van der Waals surface area contributed by atoms with E-state index in [1.54, 1.807) is 11.3 Å². The van der Waals surface area contributed by atoms with Crippen molar-refractivity contribution in [2.24, 2.45) is 5.92 Å². The number of piperidine rings is 1. The molecule has 3 aliphatic rings. The SMILES string of the molecule is O=C(c1cccs1)N1CCC2(CC1)COCCN2CC1CC1. The number of nitrogens with zero attached hydrogens (tertiary/aromatic N) is 2. The minimum absolute atomic E-state index is 0.188. The summed E-state index contributed by atoms with van der Waals surface area (Å²) in [4.78, 5) is 18.1. The highest BCUT2D eigenvalue weighted by atomic mass is 32.1.